The summed E-state index contributed by atoms with van der Waals surface area (Å²) >= 11 is 0. The molecule has 0 N–H and O–H groups in total. The smallest absolute Gasteiger partial charge is 0.306 e. The lowest BCUT2D eigenvalue weighted by Gasteiger charge is -2.18. The van der Waals surface area contributed by atoms with E-state index in [4.69, 9.17) is 14.2 Å². The van der Waals surface area contributed by atoms with E-state index < -0.39 is 6.10 Å². The van der Waals surface area contributed by atoms with Crippen LogP contribution in [0.1, 0.15) is 175 Å². The first-order valence-electron chi connectivity index (χ1n) is 25.7. The Kier molecular flexibility index (Phi) is 50.7. The highest BCUT2D eigenvalue weighted by molar-refractivity contribution is 5.70. The molecule has 0 fully saturated rings. The summed E-state index contributed by atoms with van der Waals surface area (Å²) in [4.78, 5) is 25.4. The fourth-order valence-corrected chi connectivity index (χ4v) is 6.05. The number of allylic oxidation sites excluding steroid dienone is 28. The Bertz CT molecular complexity index is 1540. The molecule has 0 heterocycles. The minimum Gasteiger partial charge on any atom is -0.462 e. The summed E-state index contributed by atoms with van der Waals surface area (Å²) in [7, 11) is 0. The van der Waals surface area contributed by atoms with Crippen molar-refractivity contribution in [2.45, 2.75) is 181 Å². The topological polar surface area (TPSA) is 61.8 Å². The first-order chi connectivity index (χ1) is 32.6. The van der Waals surface area contributed by atoms with Crippen LogP contribution in [-0.2, 0) is 23.8 Å². The van der Waals surface area contributed by atoms with Crippen LogP contribution in [0.15, 0.2) is 170 Å². The maximum atomic E-state index is 12.8. The van der Waals surface area contributed by atoms with Crippen LogP contribution < -0.4 is 0 Å². The number of esters is 2. The van der Waals surface area contributed by atoms with Crippen LogP contribution in [0, 0.1) is 0 Å². The van der Waals surface area contributed by atoms with Crippen LogP contribution in [0.4, 0.5) is 0 Å². The second-order valence-electron chi connectivity index (χ2n) is 15.9. The van der Waals surface area contributed by atoms with Crippen molar-refractivity contribution in [2.24, 2.45) is 0 Å². The zero-order chi connectivity index (χ0) is 47.7. The number of hydrogen-bond acceptors (Lipinski definition) is 5. The van der Waals surface area contributed by atoms with E-state index >= 15 is 0 Å². The molecule has 0 bridgehead atoms. The van der Waals surface area contributed by atoms with Gasteiger partial charge in [-0.1, -0.05) is 204 Å². The van der Waals surface area contributed by atoms with Crippen molar-refractivity contribution in [3.05, 3.63) is 170 Å². The van der Waals surface area contributed by atoms with E-state index in [-0.39, 0.29) is 31.6 Å². The molecule has 5 nitrogen and oxygen atoms in total. The molecule has 0 aliphatic heterocycles. The Labute approximate surface area is 405 Å². The number of hydrogen-bond donors (Lipinski definition) is 0. The van der Waals surface area contributed by atoms with Gasteiger partial charge in [-0.25, -0.2) is 0 Å². The Morgan fingerprint density at radius 2 is 0.667 bits per heavy atom. The average Bonchev–Trinajstić information content (AvgIpc) is 3.32. The number of ether oxygens (including phenoxy) is 3. The number of carbonyl (C=O) groups excluding carboxylic acids is 2. The summed E-state index contributed by atoms with van der Waals surface area (Å²) in [6.07, 6.45) is 82.4. The molecular weight excluding hydrogens is 813 g/mol. The highest BCUT2D eigenvalue weighted by Crippen LogP contribution is 2.09. The van der Waals surface area contributed by atoms with Crippen LogP contribution in [0.5, 0.6) is 0 Å². The van der Waals surface area contributed by atoms with Crippen LogP contribution in [0.3, 0.4) is 0 Å². The molecule has 5 heteroatoms. The van der Waals surface area contributed by atoms with Gasteiger partial charge in [0, 0.05) is 19.4 Å². The van der Waals surface area contributed by atoms with Gasteiger partial charge in [0.1, 0.15) is 6.61 Å². The lowest BCUT2D eigenvalue weighted by molar-refractivity contribution is -0.162. The highest BCUT2D eigenvalue weighted by Gasteiger charge is 2.17. The van der Waals surface area contributed by atoms with Crippen LogP contribution in [0.25, 0.3) is 0 Å². The third kappa shape index (κ3) is 51.9. The van der Waals surface area contributed by atoms with E-state index in [9.17, 15) is 9.59 Å². The molecule has 0 aliphatic carbocycles. The van der Waals surface area contributed by atoms with E-state index in [1.807, 2.05) is 6.08 Å². The molecule has 0 saturated carbocycles. The molecule has 0 aromatic rings. The standard InChI is InChI=1S/C61H92O5/c1-4-7-10-13-16-19-22-25-28-30-31-33-34-36-39-42-45-48-51-54-60(62)65-58-59(57-64-56-53-50-47-44-41-38-27-24-21-18-15-12-9-6-3)66-61(63)55-52-49-46-43-40-37-35-32-29-26-23-20-17-14-11-8-5-2/h7-12,16-21,25-29,31,33,35-39,43,45-46,48,59H,4-6,13-15,22-24,30,32,34,40-42,44,47,49-58H2,1-3H3/b10-7-,11-8-,12-9-,19-16-,20-17-,21-18-,28-25-,29-26-,33-31-,37-35-,38-27-,39-36-,46-43-,48-45-. The maximum Gasteiger partial charge on any atom is 0.306 e. The van der Waals surface area contributed by atoms with E-state index in [1.165, 1.54) is 0 Å². The third-order valence-electron chi connectivity index (χ3n) is 9.74. The molecule has 0 amide bonds. The van der Waals surface area contributed by atoms with Gasteiger partial charge in [-0.15, -0.1) is 0 Å². The quantitative estimate of drug-likeness (QED) is 0.0346. The van der Waals surface area contributed by atoms with Gasteiger partial charge in [0.2, 0.25) is 0 Å². The number of unbranched alkanes of at least 4 members (excludes halogenated alkanes) is 5. The molecule has 0 spiro atoms. The van der Waals surface area contributed by atoms with E-state index in [2.05, 4.69) is 185 Å². The van der Waals surface area contributed by atoms with Gasteiger partial charge in [0.05, 0.1) is 6.61 Å². The first kappa shape index (κ1) is 61.3. The lowest BCUT2D eigenvalue weighted by Crippen LogP contribution is -2.30. The summed E-state index contributed by atoms with van der Waals surface area (Å²) in [6.45, 7) is 7.26. The van der Waals surface area contributed by atoms with Gasteiger partial charge in [-0.2, -0.15) is 0 Å². The SMILES string of the molecule is CC/C=C\C/C=C\C/C=C\C/C=C\C/C=C\C/C=C\CCC(=O)OCC(COCCCCCC/C=C\C/C=C\C/C=C\CC)OC(=O)CCC/C=C\C/C=C\C/C=C\C/C=C\C/C=C\CC. The zero-order valence-electron chi connectivity index (χ0n) is 41.9. The lowest BCUT2D eigenvalue weighted by atomic mass is 10.1. The Morgan fingerprint density at radius 1 is 0.333 bits per heavy atom. The van der Waals surface area contributed by atoms with Gasteiger partial charge >= 0.3 is 11.9 Å². The van der Waals surface area contributed by atoms with Crippen molar-refractivity contribution in [3.8, 4) is 0 Å². The molecule has 0 aliphatic rings. The minimum atomic E-state index is -0.622. The fraction of sp³-hybridized carbons (Fsp3) is 0.508. The Balaban J connectivity index is 4.56. The largest absolute Gasteiger partial charge is 0.462 e. The summed E-state index contributed by atoms with van der Waals surface area (Å²) in [5.41, 5.74) is 0. The van der Waals surface area contributed by atoms with Crippen molar-refractivity contribution < 1.29 is 23.8 Å². The molecule has 1 atom stereocenters. The van der Waals surface area contributed by atoms with Crippen LogP contribution >= 0.6 is 0 Å². The molecule has 366 valence electrons. The summed E-state index contributed by atoms with van der Waals surface area (Å²) < 4.78 is 17.2. The Hall–Kier alpha value is -4.74. The molecule has 0 saturated heterocycles. The van der Waals surface area contributed by atoms with Crippen LogP contribution in [-0.4, -0.2) is 37.9 Å². The second-order valence-corrected chi connectivity index (χ2v) is 15.9. The summed E-state index contributed by atoms with van der Waals surface area (Å²) in [6, 6.07) is 0. The van der Waals surface area contributed by atoms with E-state index in [0.29, 0.717) is 25.9 Å². The van der Waals surface area contributed by atoms with Crippen molar-refractivity contribution >= 4 is 11.9 Å². The van der Waals surface area contributed by atoms with Gasteiger partial charge in [0.25, 0.3) is 0 Å². The monoisotopic (exact) mass is 905 g/mol. The fourth-order valence-electron chi connectivity index (χ4n) is 6.05. The summed E-state index contributed by atoms with van der Waals surface area (Å²) in [5, 5.41) is 0. The van der Waals surface area contributed by atoms with Gasteiger partial charge < -0.3 is 14.2 Å². The normalized spacial score (nSPS) is 13.7. The maximum absolute atomic E-state index is 12.8. The van der Waals surface area contributed by atoms with Crippen molar-refractivity contribution in [3.63, 3.8) is 0 Å². The van der Waals surface area contributed by atoms with E-state index in [1.54, 1.807) is 0 Å². The number of carbonyl (C=O) groups is 2. The van der Waals surface area contributed by atoms with Crippen molar-refractivity contribution in [1.82, 2.24) is 0 Å². The molecule has 66 heavy (non-hydrogen) atoms. The average molecular weight is 905 g/mol. The van der Waals surface area contributed by atoms with Crippen LogP contribution in [0.2, 0.25) is 0 Å². The molecule has 0 aromatic heterocycles. The molecule has 0 radical (unpaired) electrons. The van der Waals surface area contributed by atoms with Crippen molar-refractivity contribution in [1.29, 1.82) is 0 Å². The van der Waals surface area contributed by atoms with Gasteiger partial charge in [-0.05, 0) is 128 Å². The molecule has 1 unspecified atom stereocenters. The predicted molar refractivity (Wildman–Crippen MR) is 287 cm³/mol. The van der Waals surface area contributed by atoms with Gasteiger partial charge in [0.15, 0.2) is 6.10 Å². The molecular formula is C61H92O5. The Morgan fingerprint density at radius 3 is 1.06 bits per heavy atom. The first-order valence-corrected chi connectivity index (χ1v) is 25.7. The molecule has 0 aromatic carbocycles. The number of rotatable bonds is 44. The second kappa shape index (κ2) is 54.6. The van der Waals surface area contributed by atoms with E-state index in [0.717, 1.165) is 128 Å². The minimum absolute atomic E-state index is 0.0000578. The van der Waals surface area contributed by atoms with Gasteiger partial charge in [-0.3, -0.25) is 9.59 Å². The highest BCUT2D eigenvalue weighted by atomic mass is 16.6. The third-order valence-corrected chi connectivity index (χ3v) is 9.74. The zero-order valence-corrected chi connectivity index (χ0v) is 41.9. The van der Waals surface area contributed by atoms with Crippen molar-refractivity contribution in [2.75, 3.05) is 19.8 Å². The predicted octanol–water partition coefficient (Wildman–Crippen LogP) is 17.7. The molecule has 0 rings (SSSR count). The summed E-state index contributed by atoms with van der Waals surface area (Å²) in [5.74, 6) is -0.593.